The van der Waals surface area contributed by atoms with E-state index in [4.69, 9.17) is 15.6 Å². The van der Waals surface area contributed by atoms with Gasteiger partial charge in [0.25, 0.3) is 0 Å². The van der Waals surface area contributed by atoms with Gasteiger partial charge in [-0.25, -0.2) is 9.59 Å². The van der Waals surface area contributed by atoms with Crippen LogP contribution >= 0.6 is 0 Å². The number of hydrogen-bond donors (Lipinski definition) is 2. The molecule has 0 spiro atoms. The first-order valence-corrected chi connectivity index (χ1v) is 7.94. The van der Waals surface area contributed by atoms with Crippen LogP contribution in [0.2, 0.25) is 0 Å². The molecular weight excluding hydrogens is 326 g/mol. The molecule has 3 N–H and O–H groups in total. The van der Waals surface area contributed by atoms with Gasteiger partial charge in [-0.2, -0.15) is 0 Å². The minimum Gasteiger partial charge on any atom is -0.480 e. The summed E-state index contributed by atoms with van der Waals surface area (Å²) in [5, 5.41) is 9.02. The molecule has 0 saturated carbocycles. The van der Waals surface area contributed by atoms with Crippen LogP contribution in [0.5, 0.6) is 0 Å². The largest absolute Gasteiger partial charge is 0.480 e. The highest BCUT2D eigenvalue weighted by Gasteiger charge is 2.27. The number of nitrogens with zero attached hydrogens (tertiary/aromatic N) is 2. The van der Waals surface area contributed by atoms with Crippen molar-refractivity contribution in [3.05, 3.63) is 34.7 Å². The summed E-state index contributed by atoms with van der Waals surface area (Å²) in [6.07, 6.45) is 0. The lowest BCUT2D eigenvalue weighted by molar-refractivity contribution is -0.158. The van der Waals surface area contributed by atoms with Crippen LogP contribution in [0.15, 0.2) is 29.1 Å². The Bertz CT molecular complexity index is 859. The zero-order chi connectivity index (χ0) is 18.9. The quantitative estimate of drug-likeness (QED) is 0.781. The number of imidazole rings is 1. The summed E-state index contributed by atoms with van der Waals surface area (Å²) in [5.41, 5.74) is 5.42. The number of para-hydroxylation sites is 2. The van der Waals surface area contributed by atoms with Crippen LogP contribution in [-0.2, 0) is 20.9 Å². The molecule has 25 heavy (non-hydrogen) atoms. The van der Waals surface area contributed by atoms with Crippen molar-refractivity contribution in [1.29, 1.82) is 0 Å². The van der Waals surface area contributed by atoms with Crippen molar-refractivity contribution in [3.8, 4) is 0 Å². The first-order valence-electron chi connectivity index (χ1n) is 7.94. The molecule has 0 radical (unpaired) electrons. The highest BCUT2D eigenvalue weighted by molar-refractivity contribution is 5.81. The fourth-order valence-electron chi connectivity index (χ4n) is 2.55. The number of hydrogen-bond acceptors (Lipinski definition) is 5. The fourth-order valence-corrected chi connectivity index (χ4v) is 2.55. The van der Waals surface area contributed by atoms with E-state index in [0.717, 1.165) is 0 Å². The third-order valence-corrected chi connectivity index (χ3v) is 3.70. The van der Waals surface area contributed by atoms with E-state index in [1.165, 1.54) is 9.13 Å². The van der Waals surface area contributed by atoms with E-state index in [-0.39, 0.29) is 6.54 Å². The van der Waals surface area contributed by atoms with Crippen LogP contribution in [0.25, 0.3) is 11.0 Å². The molecule has 2 atom stereocenters. The third kappa shape index (κ3) is 3.90. The number of carbonyl (C=O) groups excluding carboxylic acids is 1. The normalized spacial score (nSPS) is 14.3. The zero-order valence-electron chi connectivity index (χ0n) is 14.7. The maximum atomic E-state index is 12.8. The van der Waals surface area contributed by atoms with Crippen molar-refractivity contribution in [2.75, 3.05) is 0 Å². The summed E-state index contributed by atoms with van der Waals surface area (Å²) in [7, 11) is 0. The van der Waals surface area contributed by atoms with E-state index < -0.39 is 35.3 Å². The Kier molecular flexibility index (Phi) is 5.03. The molecule has 0 aliphatic heterocycles. The van der Waals surface area contributed by atoms with Crippen LogP contribution in [-0.4, -0.2) is 37.8 Å². The molecule has 8 nitrogen and oxygen atoms in total. The van der Waals surface area contributed by atoms with Crippen LogP contribution in [0, 0.1) is 0 Å². The van der Waals surface area contributed by atoms with E-state index in [1.807, 2.05) is 0 Å². The van der Waals surface area contributed by atoms with Crippen molar-refractivity contribution in [1.82, 2.24) is 9.13 Å². The molecule has 0 bridgehead atoms. The summed E-state index contributed by atoms with van der Waals surface area (Å²) >= 11 is 0. The molecule has 0 fully saturated rings. The minimum atomic E-state index is -1.23. The molecule has 2 rings (SSSR count). The molecule has 0 amide bonds. The van der Waals surface area contributed by atoms with Gasteiger partial charge in [-0.1, -0.05) is 12.1 Å². The van der Waals surface area contributed by atoms with Crippen molar-refractivity contribution < 1.29 is 19.4 Å². The smallest absolute Gasteiger partial charge is 0.329 e. The summed E-state index contributed by atoms with van der Waals surface area (Å²) in [6.45, 7) is 6.62. The Morgan fingerprint density at radius 2 is 1.80 bits per heavy atom. The maximum Gasteiger partial charge on any atom is 0.329 e. The van der Waals surface area contributed by atoms with E-state index in [1.54, 1.807) is 52.0 Å². The van der Waals surface area contributed by atoms with Crippen molar-refractivity contribution in [2.24, 2.45) is 5.73 Å². The number of carboxylic acid groups (broad SMARTS) is 1. The van der Waals surface area contributed by atoms with Crippen LogP contribution < -0.4 is 11.4 Å². The highest BCUT2D eigenvalue weighted by Crippen LogP contribution is 2.20. The van der Waals surface area contributed by atoms with Gasteiger partial charge in [0.05, 0.1) is 17.6 Å². The Labute approximate surface area is 144 Å². The molecule has 0 aliphatic carbocycles. The minimum absolute atomic E-state index is 0.192. The van der Waals surface area contributed by atoms with Crippen molar-refractivity contribution in [3.63, 3.8) is 0 Å². The number of benzene rings is 1. The number of nitrogens with two attached hydrogens (primary N) is 1. The summed E-state index contributed by atoms with van der Waals surface area (Å²) in [6, 6.07) is 4.76. The monoisotopic (exact) mass is 349 g/mol. The van der Waals surface area contributed by atoms with Gasteiger partial charge >= 0.3 is 17.6 Å². The maximum absolute atomic E-state index is 12.8. The van der Waals surface area contributed by atoms with Gasteiger partial charge in [-0.05, 0) is 39.8 Å². The Morgan fingerprint density at radius 1 is 1.24 bits per heavy atom. The number of carbonyl (C=O) groups is 2. The van der Waals surface area contributed by atoms with Gasteiger partial charge < -0.3 is 15.6 Å². The van der Waals surface area contributed by atoms with Crippen molar-refractivity contribution in [2.45, 2.75) is 51.9 Å². The van der Waals surface area contributed by atoms with Crippen molar-refractivity contribution >= 4 is 23.0 Å². The van der Waals surface area contributed by atoms with E-state index >= 15 is 0 Å². The predicted molar refractivity (Wildman–Crippen MR) is 92.4 cm³/mol. The first-order chi connectivity index (χ1) is 11.5. The van der Waals surface area contributed by atoms with Gasteiger partial charge in [-0.3, -0.25) is 13.9 Å². The number of aromatic nitrogens is 2. The average Bonchev–Trinajstić information content (AvgIpc) is 2.77. The second kappa shape index (κ2) is 6.72. The highest BCUT2D eigenvalue weighted by atomic mass is 16.6. The zero-order valence-corrected chi connectivity index (χ0v) is 14.7. The van der Waals surface area contributed by atoms with Gasteiger partial charge in [0, 0.05) is 0 Å². The molecule has 1 heterocycles. The molecule has 1 aromatic heterocycles. The second-order valence-corrected chi connectivity index (χ2v) is 6.91. The molecule has 8 heteroatoms. The Balaban J connectivity index is 2.54. The molecule has 0 saturated heterocycles. The van der Waals surface area contributed by atoms with Gasteiger partial charge in [-0.15, -0.1) is 0 Å². The Hall–Kier alpha value is -2.61. The molecular formula is C17H23N3O5. The Morgan fingerprint density at radius 3 is 2.32 bits per heavy atom. The topological polar surface area (TPSA) is 117 Å². The van der Waals surface area contributed by atoms with Crippen LogP contribution in [0.4, 0.5) is 0 Å². The fraction of sp³-hybridized carbons (Fsp3) is 0.471. The van der Waals surface area contributed by atoms with E-state index in [0.29, 0.717) is 11.0 Å². The van der Waals surface area contributed by atoms with Gasteiger partial charge in [0.1, 0.15) is 17.7 Å². The summed E-state index contributed by atoms with van der Waals surface area (Å²) < 4.78 is 7.94. The van der Waals surface area contributed by atoms with Crippen LogP contribution in [0.1, 0.15) is 33.7 Å². The average molecular weight is 349 g/mol. The molecule has 0 aliphatic rings. The third-order valence-electron chi connectivity index (χ3n) is 3.70. The predicted octanol–water partition coefficient (Wildman–Crippen LogP) is 1.12. The number of esters is 1. The number of ether oxygens (including phenoxy) is 1. The summed E-state index contributed by atoms with van der Waals surface area (Å²) in [5.74, 6) is -1.75. The van der Waals surface area contributed by atoms with Crippen LogP contribution in [0.3, 0.4) is 0 Å². The molecule has 1 aromatic carbocycles. The summed E-state index contributed by atoms with van der Waals surface area (Å²) in [4.78, 5) is 36.2. The molecule has 2 aromatic rings. The number of carboxylic acids is 1. The second-order valence-electron chi connectivity index (χ2n) is 6.91. The molecule has 1 unspecified atom stereocenters. The first kappa shape index (κ1) is 18.7. The SMILES string of the molecule is C[C@H](C(=O)OC(C)(C)C)n1c(=O)n(CC(N)C(=O)O)c2ccccc21. The molecule has 136 valence electrons. The van der Waals surface area contributed by atoms with Gasteiger partial charge in [0.2, 0.25) is 0 Å². The van der Waals surface area contributed by atoms with E-state index in [2.05, 4.69) is 0 Å². The lowest BCUT2D eigenvalue weighted by Gasteiger charge is -2.22. The van der Waals surface area contributed by atoms with E-state index in [9.17, 15) is 14.4 Å². The lowest BCUT2D eigenvalue weighted by Crippen LogP contribution is -2.39. The number of rotatable bonds is 5. The number of fused-ring (bicyclic) bond motifs is 1. The van der Waals surface area contributed by atoms with Gasteiger partial charge in [0.15, 0.2) is 0 Å². The standard InChI is InChI=1S/C17H23N3O5/c1-10(15(23)25-17(2,3)4)20-13-8-6-5-7-12(13)19(16(20)24)9-11(18)14(21)22/h5-8,10-11H,9,18H2,1-4H3,(H,21,22)/t10-,11?/m1/s1. The number of aliphatic carboxylic acids is 1. The lowest BCUT2D eigenvalue weighted by atomic mass is 10.2.